The van der Waals surface area contributed by atoms with Crippen LogP contribution >= 0.6 is 0 Å². The van der Waals surface area contributed by atoms with Gasteiger partial charge in [-0.25, -0.2) is 0 Å². The Morgan fingerprint density at radius 3 is 1.09 bits per heavy atom. The van der Waals surface area contributed by atoms with E-state index in [1.807, 2.05) is 72.8 Å². The van der Waals surface area contributed by atoms with Crippen molar-refractivity contribution >= 4 is 35.7 Å². The van der Waals surface area contributed by atoms with Crippen molar-refractivity contribution in [1.29, 1.82) is 0 Å². The molecule has 0 amide bonds. The molecular weight excluding hydrogens is 596 g/mol. The summed E-state index contributed by atoms with van der Waals surface area (Å²) in [5, 5.41) is 15.4. The van der Waals surface area contributed by atoms with Crippen molar-refractivity contribution < 1.29 is 46.5 Å². The van der Waals surface area contributed by atoms with Crippen LogP contribution in [0.1, 0.15) is 58.5 Å². The van der Waals surface area contributed by atoms with Crippen LogP contribution in [0.3, 0.4) is 0 Å². The first-order chi connectivity index (χ1) is 20.3. The number of allylic oxidation sites excluding steroid dienone is 2. The van der Waals surface area contributed by atoms with Gasteiger partial charge in [0, 0.05) is 65.8 Å². The fourth-order valence-corrected chi connectivity index (χ4v) is 2.70. The van der Waals surface area contributed by atoms with Gasteiger partial charge in [-0.15, -0.1) is 0 Å². The number of carboxylic acids is 2. The van der Waals surface area contributed by atoms with Crippen molar-refractivity contribution in [2.24, 2.45) is 0 Å². The van der Waals surface area contributed by atoms with Gasteiger partial charge < -0.3 is 10.2 Å². The summed E-state index contributed by atoms with van der Waals surface area (Å²) < 4.78 is 0. The maximum atomic E-state index is 11.7. The summed E-state index contributed by atoms with van der Waals surface area (Å²) in [5.74, 6) is -1.51. The van der Waals surface area contributed by atoms with Crippen molar-refractivity contribution in [2.75, 3.05) is 0 Å². The number of aliphatic carboxylic acids is 2. The Morgan fingerprint density at radius 1 is 0.558 bits per heavy atom. The van der Waals surface area contributed by atoms with E-state index >= 15 is 0 Å². The minimum Gasteiger partial charge on any atom is -0.481 e. The van der Waals surface area contributed by atoms with Gasteiger partial charge in [0.25, 0.3) is 0 Å². The maximum absolute atomic E-state index is 11.7. The fourth-order valence-electron chi connectivity index (χ4n) is 2.70. The van der Waals surface area contributed by atoms with Gasteiger partial charge >= 0.3 is 11.9 Å². The third-order valence-corrected chi connectivity index (χ3v) is 4.99. The number of pyridine rings is 2. The zero-order valence-electron chi connectivity index (χ0n) is 23.8. The smallest absolute Gasteiger partial charge is 0.303 e. The zero-order chi connectivity index (χ0) is 31.0. The van der Waals surface area contributed by atoms with Crippen LogP contribution in [-0.4, -0.2) is 43.7 Å². The quantitative estimate of drug-likeness (QED) is 0.122. The second-order valence-corrected chi connectivity index (χ2v) is 8.18. The van der Waals surface area contributed by atoms with Crippen LogP contribution in [0.4, 0.5) is 0 Å². The Morgan fingerprint density at radius 2 is 0.837 bits per heavy atom. The van der Waals surface area contributed by atoms with Crippen LogP contribution < -0.4 is 0 Å². The molecular formula is C34H34CuN2O6. The van der Waals surface area contributed by atoms with Gasteiger partial charge in [-0.05, 0) is 47.5 Å². The molecule has 227 valence electrons. The van der Waals surface area contributed by atoms with Gasteiger partial charge in [-0.3, -0.25) is 29.1 Å². The molecule has 0 spiro atoms. The van der Waals surface area contributed by atoms with Crippen LogP contribution in [0.2, 0.25) is 0 Å². The summed E-state index contributed by atoms with van der Waals surface area (Å²) in [6, 6.07) is 26.3. The Labute approximate surface area is 262 Å². The molecule has 0 bridgehead atoms. The van der Waals surface area contributed by atoms with Crippen molar-refractivity contribution in [3.05, 3.63) is 144 Å². The van der Waals surface area contributed by atoms with E-state index in [0.717, 1.165) is 11.1 Å². The SMILES string of the molecule is CCC(=O)O.CCC(=O)O.O=C(/C=C/c1ccccc1)c1ccncc1.O=C(/C=C/c1ccccc1)c1ccncc1.[Cu]. The molecule has 0 saturated carbocycles. The first-order valence-corrected chi connectivity index (χ1v) is 13.0. The fraction of sp³-hybridized carbons (Fsp3) is 0.118. The van der Waals surface area contributed by atoms with Gasteiger partial charge in [0.15, 0.2) is 11.6 Å². The number of rotatable bonds is 8. The van der Waals surface area contributed by atoms with Crippen molar-refractivity contribution in [3.63, 3.8) is 0 Å². The summed E-state index contributed by atoms with van der Waals surface area (Å²) in [6.07, 6.45) is 13.7. The molecule has 1 radical (unpaired) electrons. The minimum atomic E-state index is -0.745. The Balaban J connectivity index is 0.000000617. The number of carboxylic acid groups (broad SMARTS) is 2. The molecule has 2 aromatic heterocycles. The van der Waals surface area contributed by atoms with Crippen LogP contribution in [-0.2, 0) is 26.7 Å². The number of benzene rings is 2. The van der Waals surface area contributed by atoms with E-state index in [1.54, 1.807) is 75.1 Å². The molecule has 9 heteroatoms. The normalized spacial score (nSPS) is 9.53. The Bertz CT molecular complexity index is 1300. The second-order valence-electron chi connectivity index (χ2n) is 8.18. The zero-order valence-corrected chi connectivity index (χ0v) is 24.8. The molecule has 43 heavy (non-hydrogen) atoms. The largest absolute Gasteiger partial charge is 0.481 e. The predicted molar refractivity (Wildman–Crippen MR) is 164 cm³/mol. The maximum Gasteiger partial charge on any atom is 0.303 e. The topological polar surface area (TPSA) is 135 Å². The molecule has 0 fully saturated rings. The number of hydrogen-bond donors (Lipinski definition) is 2. The number of carbonyl (C=O) groups excluding carboxylic acids is 2. The van der Waals surface area contributed by atoms with Crippen molar-refractivity contribution in [3.8, 4) is 0 Å². The average Bonchev–Trinajstić information content (AvgIpc) is 3.05. The second kappa shape index (κ2) is 23.7. The number of nitrogens with zero attached hydrogens (tertiary/aromatic N) is 2. The molecule has 0 saturated heterocycles. The summed E-state index contributed by atoms with van der Waals surface area (Å²) in [6.45, 7) is 3.20. The van der Waals surface area contributed by atoms with Gasteiger partial charge in [-0.1, -0.05) is 86.7 Å². The molecule has 0 unspecified atom stereocenters. The third kappa shape index (κ3) is 18.9. The van der Waals surface area contributed by atoms with Crippen LogP contribution in [0.5, 0.6) is 0 Å². The van der Waals surface area contributed by atoms with Gasteiger partial charge in [0.2, 0.25) is 0 Å². The van der Waals surface area contributed by atoms with Crippen molar-refractivity contribution in [2.45, 2.75) is 26.7 Å². The first kappa shape index (κ1) is 38.0. The van der Waals surface area contributed by atoms with E-state index in [2.05, 4.69) is 9.97 Å². The minimum absolute atomic E-state index is 0. The van der Waals surface area contributed by atoms with E-state index in [9.17, 15) is 19.2 Å². The summed E-state index contributed by atoms with van der Waals surface area (Å²) in [4.78, 5) is 49.9. The van der Waals surface area contributed by atoms with E-state index in [4.69, 9.17) is 10.2 Å². The monoisotopic (exact) mass is 629 g/mol. The van der Waals surface area contributed by atoms with Crippen LogP contribution in [0, 0.1) is 0 Å². The molecule has 4 aromatic rings. The number of aromatic nitrogens is 2. The van der Waals surface area contributed by atoms with Crippen molar-refractivity contribution in [1.82, 2.24) is 9.97 Å². The number of ketones is 2. The van der Waals surface area contributed by atoms with E-state index in [0.29, 0.717) is 11.1 Å². The van der Waals surface area contributed by atoms with Gasteiger partial charge in [0.05, 0.1) is 0 Å². The number of hydrogen-bond acceptors (Lipinski definition) is 6. The van der Waals surface area contributed by atoms with Gasteiger partial charge in [-0.2, -0.15) is 0 Å². The molecule has 2 aromatic carbocycles. The summed E-state index contributed by atoms with van der Waals surface area (Å²) in [7, 11) is 0. The summed E-state index contributed by atoms with van der Waals surface area (Å²) in [5.41, 5.74) is 3.35. The molecule has 8 nitrogen and oxygen atoms in total. The predicted octanol–water partition coefficient (Wildman–Crippen LogP) is 6.91. The third-order valence-electron chi connectivity index (χ3n) is 4.99. The molecule has 4 rings (SSSR count). The Hall–Kier alpha value is -4.98. The standard InChI is InChI=1S/2C14H11NO.2C3H6O2.Cu/c2*16-14(13-8-10-15-11-9-13)7-6-12-4-2-1-3-5-12;2*1-2-3(4)5;/h2*1-11H;2*2H2,1H3,(H,4,5);/b2*7-6+;;;. The molecule has 0 aliphatic carbocycles. The van der Waals surface area contributed by atoms with Gasteiger partial charge in [0.1, 0.15) is 0 Å². The molecule has 2 heterocycles. The summed E-state index contributed by atoms with van der Waals surface area (Å²) >= 11 is 0. The first-order valence-electron chi connectivity index (χ1n) is 13.0. The molecule has 0 aliphatic heterocycles. The Kier molecular flexibility index (Phi) is 21.0. The molecule has 0 aliphatic rings. The number of carbonyl (C=O) groups is 4. The average molecular weight is 630 g/mol. The molecule has 0 atom stereocenters. The molecule has 2 N–H and O–H groups in total. The van der Waals surface area contributed by atoms with Crippen LogP contribution in [0.15, 0.2) is 122 Å². The van der Waals surface area contributed by atoms with E-state index in [-0.39, 0.29) is 41.5 Å². The van der Waals surface area contributed by atoms with E-state index in [1.165, 1.54) is 0 Å². The van der Waals surface area contributed by atoms with E-state index < -0.39 is 11.9 Å². The van der Waals surface area contributed by atoms with Crippen LogP contribution in [0.25, 0.3) is 12.2 Å².